The fourth-order valence-electron chi connectivity index (χ4n) is 10.2. The predicted molar refractivity (Wildman–Crippen MR) is 138 cm³/mol. The highest BCUT2D eigenvalue weighted by atomic mass is 16.8. The molecule has 0 unspecified atom stereocenters. The molecule has 0 aromatic heterocycles. The van der Waals surface area contributed by atoms with Crippen LogP contribution in [-0.4, -0.2) is 60.7 Å². The van der Waals surface area contributed by atoms with Crippen LogP contribution in [0.2, 0.25) is 0 Å². The van der Waals surface area contributed by atoms with Gasteiger partial charge in [-0.25, -0.2) is 0 Å². The SMILES string of the molecule is C=C1C(=O)[C@@]23[C@@H]4OC(C)(C)O[C@@]25OC[C@]2(C6=C(CC[C@H](OCCCN=[N+]=[N-])O6)CC(C)(C)[C@H]2[C@@H]5O)[C@@H]3CC[C@@H]14. The van der Waals surface area contributed by atoms with Gasteiger partial charge in [-0.3, -0.25) is 4.79 Å². The van der Waals surface area contributed by atoms with Gasteiger partial charge in [-0.15, -0.1) is 0 Å². The zero-order valence-electron chi connectivity index (χ0n) is 23.3. The predicted octanol–water partition coefficient (Wildman–Crippen LogP) is 4.53. The minimum Gasteiger partial charge on any atom is -0.469 e. The topological polar surface area (TPSA) is 132 Å². The van der Waals surface area contributed by atoms with Gasteiger partial charge < -0.3 is 28.8 Å². The third-order valence-corrected chi connectivity index (χ3v) is 11.0. The van der Waals surface area contributed by atoms with E-state index in [1.807, 2.05) is 13.8 Å². The monoisotopic (exact) mass is 541 g/mol. The quantitative estimate of drug-likeness (QED) is 0.178. The van der Waals surface area contributed by atoms with Crippen LogP contribution >= 0.6 is 0 Å². The molecule has 3 saturated carbocycles. The first-order chi connectivity index (χ1) is 18.5. The van der Waals surface area contributed by atoms with Crippen molar-refractivity contribution in [2.75, 3.05) is 19.8 Å². The number of azide groups is 1. The number of ketones is 1. The molecule has 0 aromatic carbocycles. The summed E-state index contributed by atoms with van der Waals surface area (Å²) in [7, 11) is 0. The lowest BCUT2D eigenvalue weighted by Crippen LogP contribution is -2.87. The average Bonchev–Trinajstić information content (AvgIpc) is 2.99. The van der Waals surface area contributed by atoms with Gasteiger partial charge in [0.25, 0.3) is 0 Å². The summed E-state index contributed by atoms with van der Waals surface area (Å²) in [5, 5.41) is 16.0. The van der Waals surface area contributed by atoms with Crippen molar-refractivity contribution in [3.63, 3.8) is 0 Å². The van der Waals surface area contributed by atoms with Gasteiger partial charge in [-0.2, -0.15) is 0 Å². The van der Waals surface area contributed by atoms with Crippen LogP contribution < -0.4 is 0 Å². The van der Waals surface area contributed by atoms with E-state index in [0.717, 1.165) is 37.9 Å². The number of hydrogen-bond acceptors (Lipinski definition) is 8. The summed E-state index contributed by atoms with van der Waals surface area (Å²) in [6, 6.07) is 0. The van der Waals surface area contributed by atoms with Crippen molar-refractivity contribution in [1.29, 1.82) is 0 Å². The minimum absolute atomic E-state index is 0.0840. The highest BCUT2D eigenvalue weighted by molar-refractivity contribution is 6.05. The van der Waals surface area contributed by atoms with E-state index < -0.39 is 40.9 Å². The van der Waals surface area contributed by atoms with Gasteiger partial charge in [0.15, 0.2) is 17.9 Å². The highest BCUT2D eigenvalue weighted by Gasteiger charge is 2.90. The van der Waals surface area contributed by atoms with Crippen LogP contribution in [0.4, 0.5) is 0 Å². The number of aliphatic hydroxyl groups excluding tert-OH is 1. The van der Waals surface area contributed by atoms with Crippen LogP contribution in [0.15, 0.2) is 28.6 Å². The number of Topliss-reactive ketones (excluding diaryl/α,β-unsaturated/α-hetero) is 1. The Kier molecular flexibility index (Phi) is 5.39. The molecule has 4 aliphatic heterocycles. The summed E-state index contributed by atoms with van der Waals surface area (Å²) in [5.41, 5.74) is 8.16. The van der Waals surface area contributed by atoms with Crippen molar-refractivity contribution >= 4 is 5.78 Å². The number of nitrogens with zero attached hydrogens (tertiary/aromatic N) is 3. The first kappa shape index (κ1) is 26.0. The molecular weight excluding hydrogens is 502 g/mol. The number of ether oxygens (including phenoxy) is 5. The zero-order chi connectivity index (χ0) is 27.6. The average molecular weight is 542 g/mol. The molecule has 212 valence electrons. The molecule has 39 heavy (non-hydrogen) atoms. The smallest absolute Gasteiger partial charge is 0.213 e. The first-order valence-corrected chi connectivity index (χ1v) is 14.4. The first-order valence-electron chi connectivity index (χ1n) is 14.4. The van der Waals surface area contributed by atoms with Crippen LogP contribution in [-0.2, 0) is 28.5 Å². The van der Waals surface area contributed by atoms with E-state index in [0.29, 0.717) is 31.8 Å². The second-order valence-electron chi connectivity index (χ2n) is 13.8. The summed E-state index contributed by atoms with van der Waals surface area (Å²) in [6.07, 6.45) is 2.53. The van der Waals surface area contributed by atoms with E-state index in [1.165, 1.54) is 5.57 Å². The molecule has 4 bridgehead atoms. The second kappa shape index (κ2) is 8.08. The maximum Gasteiger partial charge on any atom is 0.213 e. The van der Waals surface area contributed by atoms with Crippen LogP contribution in [0.5, 0.6) is 0 Å². The molecule has 10 nitrogen and oxygen atoms in total. The van der Waals surface area contributed by atoms with Crippen molar-refractivity contribution in [2.45, 2.75) is 96.3 Å². The molecule has 1 N–H and O–H groups in total. The molecule has 6 fully saturated rings. The van der Waals surface area contributed by atoms with E-state index in [2.05, 4.69) is 30.5 Å². The number of hydrogen-bond donors (Lipinski definition) is 1. The molecule has 8 rings (SSSR count). The largest absolute Gasteiger partial charge is 0.469 e. The molecule has 8 aliphatic rings. The van der Waals surface area contributed by atoms with Gasteiger partial charge in [0.1, 0.15) is 17.3 Å². The maximum atomic E-state index is 14.4. The van der Waals surface area contributed by atoms with Gasteiger partial charge in [0, 0.05) is 29.7 Å². The number of rotatable bonds is 5. The summed E-state index contributed by atoms with van der Waals surface area (Å²) < 4.78 is 32.8. The van der Waals surface area contributed by atoms with Crippen molar-refractivity contribution in [3.8, 4) is 0 Å². The molecular formula is C29H39N3O7. The molecule has 3 spiro atoms. The normalized spacial score (nSPS) is 48.0. The van der Waals surface area contributed by atoms with E-state index in [1.54, 1.807) is 0 Å². The van der Waals surface area contributed by atoms with Gasteiger partial charge in [-0.05, 0) is 74.0 Å². The standard InChI is InChI=1S/C29H39N3O7/c1-15-17-8-9-18-27-14-36-29(28(18,21(15)33)24(17)38-26(4,5)39-29)22(34)20(27)25(2,3)13-16-7-10-19(37-23(16)27)35-12-6-11-31-32-30/h17-20,22,24,34H,1,6-14H2,2-5H3/t17-,18-,19+,20+,22-,24+,27-,28-,29+/m0/s1. The fraction of sp³-hybridized carbons (Fsp3) is 0.828. The summed E-state index contributed by atoms with van der Waals surface area (Å²) >= 11 is 0. The van der Waals surface area contributed by atoms with E-state index in [9.17, 15) is 9.90 Å². The zero-order valence-corrected chi connectivity index (χ0v) is 23.3. The Balaban J connectivity index is 1.36. The Morgan fingerprint density at radius 3 is 2.79 bits per heavy atom. The second-order valence-corrected chi connectivity index (χ2v) is 13.8. The van der Waals surface area contributed by atoms with Gasteiger partial charge in [0.2, 0.25) is 5.79 Å². The number of fused-ring (bicyclic) bond motifs is 1. The number of aliphatic hydroxyl groups is 1. The number of allylic oxidation sites excluding steroid dienone is 1. The van der Waals surface area contributed by atoms with E-state index in [4.69, 9.17) is 29.2 Å². The summed E-state index contributed by atoms with van der Waals surface area (Å²) in [4.78, 5) is 17.2. The minimum atomic E-state index is -1.51. The Hall–Kier alpha value is -1.94. The van der Waals surface area contributed by atoms with Crippen LogP contribution in [0.1, 0.15) is 66.2 Å². The molecule has 0 radical (unpaired) electrons. The number of carbonyl (C=O) groups excluding carboxylic acids is 1. The van der Waals surface area contributed by atoms with Crippen LogP contribution in [0, 0.1) is 34.0 Å². The maximum absolute atomic E-state index is 14.4. The number of carbonyl (C=O) groups is 1. The Morgan fingerprint density at radius 1 is 1.23 bits per heavy atom. The Morgan fingerprint density at radius 2 is 2.03 bits per heavy atom. The Bertz CT molecular complexity index is 1220. The van der Waals surface area contributed by atoms with E-state index >= 15 is 0 Å². The lowest BCUT2D eigenvalue weighted by molar-refractivity contribution is -0.527. The molecule has 9 atom stereocenters. The van der Waals surface area contributed by atoms with Crippen molar-refractivity contribution in [2.24, 2.45) is 39.1 Å². The molecule has 10 heteroatoms. The molecule has 4 heterocycles. The third kappa shape index (κ3) is 2.95. The lowest BCUT2D eigenvalue weighted by Gasteiger charge is -2.77. The third-order valence-electron chi connectivity index (χ3n) is 11.0. The summed E-state index contributed by atoms with van der Waals surface area (Å²) in [5.74, 6) is -2.34. The molecule has 3 saturated heterocycles. The Labute approximate surface area is 228 Å². The highest BCUT2D eigenvalue weighted by Crippen LogP contribution is 2.80. The van der Waals surface area contributed by atoms with E-state index in [-0.39, 0.29) is 29.0 Å². The summed E-state index contributed by atoms with van der Waals surface area (Å²) in [6.45, 7) is 13.5. The molecule has 4 aliphatic carbocycles. The van der Waals surface area contributed by atoms with Gasteiger partial charge in [-0.1, -0.05) is 25.5 Å². The molecule has 0 amide bonds. The van der Waals surface area contributed by atoms with Crippen molar-refractivity contribution in [1.82, 2.24) is 0 Å². The van der Waals surface area contributed by atoms with Crippen LogP contribution in [0.3, 0.4) is 0 Å². The van der Waals surface area contributed by atoms with Crippen molar-refractivity contribution in [3.05, 3.63) is 33.9 Å². The van der Waals surface area contributed by atoms with Crippen LogP contribution in [0.25, 0.3) is 10.4 Å². The van der Waals surface area contributed by atoms with Gasteiger partial charge >= 0.3 is 0 Å². The lowest BCUT2D eigenvalue weighted by atomic mass is 9.36. The fourth-order valence-corrected chi connectivity index (χ4v) is 10.2. The van der Waals surface area contributed by atoms with Gasteiger partial charge in [0.05, 0.1) is 24.7 Å². The van der Waals surface area contributed by atoms with Crippen molar-refractivity contribution < 1.29 is 33.6 Å². The molecule has 0 aromatic rings.